The fourth-order valence-corrected chi connectivity index (χ4v) is 11.3. The van der Waals surface area contributed by atoms with Crippen molar-refractivity contribution in [2.24, 2.45) is 0 Å². The number of rotatable bonds is 6. The van der Waals surface area contributed by atoms with Crippen LogP contribution < -0.4 is 15.9 Å². The molecule has 1 heterocycles. The molecule has 2 nitrogen and oxygen atoms in total. The van der Waals surface area contributed by atoms with Crippen LogP contribution in [0.2, 0.25) is 0 Å². The van der Waals surface area contributed by atoms with Crippen molar-refractivity contribution in [2.75, 3.05) is 6.54 Å². The summed E-state index contributed by atoms with van der Waals surface area (Å²) in [5.41, 5.74) is 0.832. The van der Waals surface area contributed by atoms with E-state index in [0.29, 0.717) is 0 Å². The maximum absolute atomic E-state index is 14.5. The van der Waals surface area contributed by atoms with Crippen LogP contribution in [0.15, 0.2) is 115 Å². The Morgan fingerprint density at radius 3 is 1.66 bits per heavy atom. The second-order valence-electron chi connectivity index (χ2n) is 9.36. The molecule has 0 saturated carbocycles. The normalized spacial score (nSPS) is 17.7. The van der Waals surface area contributed by atoms with Crippen LogP contribution in [0.3, 0.4) is 0 Å². The number of likely N-dealkylation sites (tertiary alicyclic amines) is 1. The zero-order valence-electron chi connectivity index (χ0n) is 20.0. The Morgan fingerprint density at radius 2 is 1.20 bits per heavy atom. The summed E-state index contributed by atoms with van der Waals surface area (Å²) in [4.78, 5) is 16.5. The number of carbonyl (C=O) groups is 1. The molecule has 1 aliphatic rings. The molecule has 2 atom stereocenters. The third-order valence-corrected chi connectivity index (χ3v) is 12.8. The number of carbonyl (C=O) groups excluding carboxylic acids is 1. The quantitative estimate of drug-likeness (QED) is 0.327. The third-order valence-electron chi connectivity index (χ3n) is 7.50. The summed E-state index contributed by atoms with van der Waals surface area (Å²) in [5, 5.41) is 3.77. The Labute approximate surface area is 207 Å². The Hall–Kier alpha value is -3.29. The molecule has 1 aliphatic heterocycles. The molecule has 1 fully saturated rings. The first-order valence-corrected chi connectivity index (χ1v) is 14.4. The van der Waals surface area contributed by atoms with Crippen LogP contribution in [0.25, 0.3) is 0 Å². The predicted octanol–water partition coefficient (Wildman–Crippen LogP) is 5.60. The third kappa shape index (κ3) is 4.30. The van der Waals surface area contributed by atoms with Crippen molar-refractivity contribution < 1.29 is 9.18 Å². The average molecular weight is 484 g/mol. The topological polar surface area (TPSA) is 20.3 Å². The zero-order chi connectivity index (χ0) is 24.3. The molecule has 5 rings (SSSR count). The second-order valence-corrected chi connectivity index (χ2v) is 13.4. The van der Waals surface area contributed by atoms with Gasteiger partial charge in [0.1, 0.15) is 0 Å². The molecule has 0 radical (unpaired) electrons. The summed E-state index contributed by atoms with van der Waals surface area (Å²) >= 11 is 0. The molecular formula is C31H31FNOP. The summed E-state index contributed by atoms with van der Waals surface area (Å²) in [6, 6.07) is 38.4. The minimum absolute atomic E-state index is 0.111. The van der Waals surface area contributed by atoms with Crippen LogP contribution in [0.5, 0.6) is 0 Å². The molecule has 1 unspecified atom stereocenters. The van der Waals surface area contributed by atoms with E-state index in [-0.39, 0.29) is 23.4 Å². The van der Waals surface area contributed by atoms with E-state index in [1.807, 2.05) is 23.1 Å². The SMILES string of the molecule is C[C@@H](c1ccc(F)cc1)N1CCCC([PH](c2ccccc2)(c2ccccc2)c2ccccc2)C1=O. The number of amides is 1. The van der Waals surface area contributed by atoms with E-state index in [1.165, 1.54) is 28.0 Å². The van der Waals surface area contributed by atoms with Gasteiger partial charge in [0.2, 0.25) is 0 Å². The van der Waals surface area contributed by atoms with Crippen LogP contribution >= 0.6 is 7.26 Å². The molecule has 178 valence electrons. The van der Waals surface area contributed by atoms with E-state index in [9.17, 15) is 9.18 Å². The van der Waals surface area contributed by atoms with E-state index in [0.717, 1.165) is 24.9 Å². The van der Waals surface area contributed by atoms with Crippen molar-refractivity contribution in [3.8, 4) is 0 Å². The molecule has 1 saturated heterocycles. The summed E-state index contributed by atoms with van der Waals surface area (Å²) in [5.74, 6) is -0.0521. The molecule has 0 aromatic heterocycles. The first-order valence-electron chi connectivity index (χ1n) is 12.3. The molecule has 1 amide bonds. The number of nitrogens with zero attached hydrogens (tertiary/aromatic N) is 1. The molecule has 4 heteroatoms. The number of benzene rings is 4. The molecule has 0 N–H and O–H groups in total. The first kappa shape index (κ1) is 23.5. The van der Waals surface area contributed by atoms with Crippen molar-refractivity contribution in [3.05, 3.63) is 127 Å². The van der Waals surface area contributed by atoms with Gasteiger partial charge in [-0.15, -0.1) is 0 Å². The van der Waals surface area contributed by atoms with Gasteiger partial charge < -0.3 is 0 Å². The van der Waals surface area contributed by atoms with E-state index in [2.05, 4.69) is 79.7 Å². The van der Waals surface area contributed by atoms with Crippen LogP contribution in [0.1, 0.15) is 31.4 Å². The van der Waals surface area contributed by atoms with Crippen molar-refractivity contribution in [3.63, 3.8) is 0 Å². The molecule has 0 bridgehead atoms. The van der Waals surface area contributed by atoms with Gasteiger partial charge in [0.15, 0.2) is 0 Å². The summed E-state index contributed by atoms with van der Waals surface area (Å²) in [7, 11) is -2.73. The second kappa shape index (κ2) is 10.1. The average Bonchev–Trinajstić information content (AvgIpc) is 2.92. The Bertz CT molecular complexity index is 1170. The van der Waals surface area contributed by atoms with E-state index < -0.39 is 7.26 Å². The number of hydrogen-bond acceptors (Lipinski definition) is 1. The minimum atomic E-state index is -2.73. The van der Waals surface area contributed by atoms with Gasteiger partial charge in [0, 0.05) is 0 Å². The van der Waals surface area contributed by atoms with Crippen molar-refractivity contribution in [1.82, 2.24) is 4.90 Å². The fourth-order valence-electron chi connectivity index (χ4n) is 5.81. The summed E-state index contributed by atoms with van der Waals surface area (Å²) < 4.78 is 13.6. The summed E-state index contributed by atoms with van der Waals surface area (Å²) in [6.45, 7) is 2.78. The van der Waals surface area contributed by atoms with Gasteiger partial charge >= 0.3 is 208 Å². The van der Waals surface area contributed by atoms with E-state index >= 15 is 0 Å². The molecule has 4 aromatic carbocycles. The van der Waals surface area contributed by atoms with Gasteiger partial charge in [-0.2, -0.15) is 0 Å². The van der Waals surface area contributed by atoms with Crippen molar-refractivity contribution in [2.45, 2.75) is 31.5 Å². The molecule has 4 aromatic rings. The number of piperidine rings is 1. The Morgan fingerprint density at radius 1 is 0.743 bits per heavy atom. The van der Waals surface area contributed by atoms with Crippen molar-refractivity contribution in [1.29, 1.82) is 0 Å². The summed E-state index contributed by atoms with van der Waals surface area (Å²) in [6.07, 6.45) is 1.81. The Balaban J connectivity index is 1.68. The number of hydrogen-bond donors (Lipinski definition) is 0. The van der Waals surface area contributed by atoms with Crippen LogP contribution in [0.4, 0.5) is 4.39 Å². The van der Waals surface area contributed by atoms with Gasteiger partial charge in [-0.25, -0.2) is 0 Å². The van der Waals surface area contributed by atoms with Crippen LogP contribution in [-0.4, -0.2) is 23.0 Å². The van der Waals surface area contributed by atoms with Crippen LogP contribution in [0, 0.1) is 5.82 Å². The molecule has 35 heavy (non-hydrogen) atoms. The predicted molar refractivity (Wildman–Crippen MR) is 146 cm³/mol. The maximum atomic E-state index is 14.5. The van der Waals surface area contributed by atoms with Gasteiger partial charge in [0.25, 0.3) is 0 Å². The van der Waals surface area contributed by atoms with Gasteiger partial charge in [0.05, 0.1) is 0 Å². The first-order chi connectivity index (χ1) is 17.1. The molecule has 0 aliphatic carbocycles. The van der Waals surface area contributed by atoms with Crippen molar-refractivity contribution >= 4 is 29.1 Å². The molecular weight excluding hydrogens is 452 g/mol. The molecule has 0 spiro atoms. The van der Waals surface area contributed by atoms with E-state index in [4.69, 9.17) is 0 Å². The monoisotopic (exact) mass is 483 g/mol. The Kier molecular flexibility index (Phi) is 6.79. The standard InChI is InChI=1S/C31H31FNOP/c1-24(25-19-21-26(32)22-20-25)33-23-11-18-30(31(33)34)35(27-12-5-2-6-13-27,28-14-7-3-8-15-28)29-16-9-4-10-17-29/h2-10,12-17,19-22,24,30,35H,11,18,23H2,1H3/t24-,30?/m0/s1. The van der Waals surface area contributed by atoms with Crippen LogP contribution in [-0.2, 0) is 4.79 Å². The van der Waals surface area contributed by atoms with Gasteiger partial charge in [-0.05, 0) is 0 Å². The number of halogens is 1. The fraction of sp³-hybridized carbons (Fsp3) is 0.194. The van der Waals surface area contributed by atoms with Gasteiger partial charge in [-0.3, -0.25) is 0 Å². The van der Waals surface area contributed by atoms with E-state index in [1.54, 1.807) is 12.1 Å². The zero-order valence-corrected chi connectivity index (χ0v) is 21.0. The van der Waals surface area contributed by atoms with Gasteiger partial charge in [-0.1, -0.05) is 0 Å².